The number of aliphatic carboxylic acids is 1. The van der Waals surface area contributed by atoms with Crippen LogP contribution < -0.4 is 0 Å². The molecule has 0 spiro atoms. The lowest BCUT2D eigenvalue weighted by Gasteiger charge is -1.93. The molecule has 2 N–H and O–H groups in total. The molecule has 6 nitrogen and oxygen atoms in total. The number of carbonyl (C=O) groups is 2. The second-order valence-corrected chi connectivity index (χ2v) is 4.60. The van der Waals surface area contributed by atoms with Crippen LogP contribution in [-0.2, 0) is 4.79 Å². The number of hydrogen-bond acceptors (Lipinski definition) is 5. The van der Waals surface area contributed by atoms with E-state index in [-0.39, 0.29) is 4.88 Å². The monoisotopic (exact) mass is 338 g/mol. The minimum atomic E-state index is -5.08. The maximum absolute atomic E-state index is 12.5. The molecule has 2 aromatic heterocycles. The van der Waals surface area contributed by atoms with E-state index in [4.69, 9.17) is 15.0 Å². The number of carboxylic acid groups (broad SMARTS) is 2. The molecule has 22 heavy (non-hydrogen) atoms. The van der Waals surface area contributed by atoms with Crippen molar-refractivity contribution in [1.82, 2.24) is 10.2 Å². The third kappa shape index (κ3) is 5.09. The summed E-state index contributed by atoms with van der Waals surface area (Å²) in [6.07, 6.45) is -5.08. The van der Waals surface area contributed by atoms with Crippen LogP contribution in [0.4, 0.5) is 17.6 Å². The molecule has 0 radical (unpaired) electrons. The topological polar surface area (TPSA) is 100 Å². The average molecular weight is 338 g/mol. The zero-order chi connectivity index (χ0) is 16.9. The van der Waals surface area contributed by atoms with Gasteiger partial charge in [0.2, 0.25) is 5.95 Å². The lowest BCUT2D eigenvalue weighted by atomic mass is 10.3. The quantitative estimate of drug-likeness (QED) is 0.817. The molecule has 2 rings (SSSR count). The number of hydrogen-bond donors (Lipinski definition) is 2. The van der Waals surface area contributed by atoms with E-state index < -0.39 is 24.1 Å². The number of nitrogens with zero attached hydrogens (tertiary/aromatic N) is 2. The Hall–Kier alpha value is -2.56. The van der Waals surface area contributed by atoms with Crippen LogP contribution in [0, 0.1) is 5.95 Å². The molecule has 0 amide bonds. The lowest BCUT2D eigenvalue weighted by molar-refractivity contribution is -0.192. The van der Waals surface area contributed by atoms with Gasteiger partial charge in [0.15, 0.2) is 0 Å². The molecule has 0 atom stereocenters. The Morgan fingerprint density at radius 1 is 1.05 bits per heavy atom. The number of rotatable bonds is 2. The van der Waals surface area contributed by atoms with Crippen molar-refractivity contribution in [2.45, 2.75) is 6.18 Å². The van der Waals surface area contributed by atoms with Gasteiger partial charge in [-0.2, -0.15) is 17.6 Å². The molecular formula is C11H6F4N2O4S. The Morgan fingerprint density at radius 3 is 2.00 bits per heavy atom. The summed E-state index contributed by atoms with van der Waals surface area (Å²) in [5, 5.41) is 22.7. The summed E-state index contributed by atoms with van der Waals surface area (Å²) in [4.78, 5) is 20.4. The second kappa shape index (κ2) is 6.93. The standard InChI is InChI=1S/C9H5FN2O2S.C2HF3O2/c10-8-4-1-5(11-12-8)6-2-3-7(15-6)9(13)14;3-2(4,5)1(6)7/h1-4H,(H,13,14);(H,6,7). The Kier molecular flexibility index (Phi) is 5.51. The van der Waals surface area contributed by atoms with Crippen molar-refractivity contribution >= 4 is 23.3 Å². The van der Waals surface area contributed by atoms with Crippen molar-refractivity contribution in [1.29, 1.82) is 0 Å². The van der Waals surface area contributed by atoms with Crippen molar-refractivity contribution < 1.29 is 37.4 Å². The van der Waals surface area contributed by atoms with Crippen LogP contribution in [0.5, 0.6) is 0 Å². The second-order valence-electron chi connectivity index (χ2n) is 3.51. The highest BCUT2D eigenvalue weighted by Crippen LogP contribution is 2.25. The van der Waals surface area contributed by atoms with Gasteiger partial charge in [0.1, 0.15) is 10.6 Å². The van der Waals surface area contributed by atoms with Crippen LogP contribution in [0.1, 0.15) is 9.67 Å². The smallest absolute Gasteiger partial charge is 0.477 e. The molecule has 0 unspecified atom stereocenters. The van der Waals surface area contributed by atoms with Gasteiger partial charge in [-0.25, -0.2) is 9.59 Å². The van der Waals surface area contributed by atoms with Gasteiger partial charge >= 0.3 is 18.1 Å². The molecule has 0 aliphatic carbocycles. The number of aromatic nitrogens is 2. The first kappa shape index (κ1) is 17.5. The first-order chi connectivity index (χ1) is 10.1. The summed E-state index contributed by atoms with van der Waals surface area (Å²) in [5.41, 5.74) is 0.467. The molecule has 0 aliphatic rings. The Bertz CT molecular complexity index is 669. The van der Waals surface area contributed by atoms with Gasteiger partial charge in [-0.3, -0.25) is 0 Å². The van der Waals surface area contributed by atoms with Crippen LogP contribution in [0.2, 0.25) is 0 Å². The van der Waals surface area contributed by atoms with Crippen LogP contribution in [0.15, 0.2) is 24.3 Å². The molecule has 2 heterocycles. The average Bonchev–Trinajstić information content (AvgIpc) is 2.89. The maximum Gasteiger partial charge on any atom is 0.490 e. The zero-order valence-corrected chi connectivity index (χ0v) is 11.2. The summed E-state index contributed by atoms with van der Waals surface area (Å²) >= 11 is 1.08. The molecule has 0 fully saturated rings. The van der Waals surface area contributed by atoms with E-state index in [0.717, 1.165) is 11.3 Å². The predicted molar refractivity (Wildman–Crippen MR) is 66.0 cm³/mol. The SMILES string of the molecule is O=C(O)C(F)(F)F.O=C(O)c1ccc(-c2ccc(F)nn2)s1. The Labute approximate surface area is 123 Å². The van der Waals surface area contributed by atoms with E-state index in [1.807, 2.05) is 0 Å². The fourth-order valence-electron chi connectivity index (χ4n) is 1.04. The van der Waals surface area contributed by atoms with Crippen molar-refractivity contribution in [2.75, 3.05) is 0 Å². The molecule has 0 aromatic carbocycles. The maximum atomic E-state index is 12.5. The van der Waals surface area contributed by atoms with Crippen LogP contribution in [0.25, 0.3) is 10.6 Å². The van der Waals surface area contributed by atoms with E-state index in [2.05, 4.69) is 10.2 Å². The third-order valence-electron chi connectivity index (χ3n) is 1.94. The van der Waals surface area contributed by atoms with E-state index in [1.54, 1.807) is 6.07 Å². The number of thiophene rings is 1. The zero-order valence-electron chi connectivity index (χ0n) is 10.3. The normalized spacial score (nSPS) is 10.5. The minimum Gasteiger partial charge on any atom is -0.477 e. The summed E-state index contributed by atoms with van der Waals surface area (Å²) < 4.78 is 44.2. The van der Waals surface area contributed by atoms with Crippen molar-refractivity contribution in [3.63, 3.8) is 0 Å². The van der Waals surface area contributed by atoms with E-state index in [1.165, 1.54) is 18.2 Å². The van der Waals surface area contributed by atoms with Gasteiger partial charge in [0.25, 0.3) is 0 Å². The van der Waals surface area contributed by atoms with Gasteiger partial charge in [-0.15, -0.1) is 21.5 Å². The highest BCUT2D eigenvalue weighted by atomic mass is 32.1. The minimum absolute atomic E-state index is 0.219. The summed E-state index contributed by atoms with van der Waals surface area (Å²) in [6, 6.07) is 5.74. The fraction of sp³-hybridized carbons (Fsp3) is 0.0909. The molecule has 11 heteroatoms. The van der Waals surface area contributed by atoms with Gasteiger partial charge in [-0.05, 0) is 24.3 Å². The van der Waals surface area contributed by atoms with Gasteiger partial charge in [-0.1, -0.05) is 0 Å². The van der Waals surface area contributed by atoms with Crippen LogP contribution >= 0.6 is 11.3 Å². The molecule has 118 valence electrons. The highest BCUT2D eigenvalue weighted by Gasteiger charge is 2.38. The van der Waals surface area contributed by atoms with Crippen molar-refractivity contribution in [3.05, 3.63) is 35.1 Å². The number of aromatic carboxylic acids is 1. The number of halogens is 4. The summed E-state index contributed by atoms with van der Waals surface area (Å²) in [6.45, 7) is 0. The first-order valence-electron chi connectivity index (χ1n) is 5.24. The summed E-state index contributed by atoms with van der Waals surface area (Å²) in [7, 11) is 0. The van der Waals surface area contributed by atoms with Crippen molar-refractivity contribution in [3.8, 4) is 10.6 Å². The highest BCUT2D eigenvalue weighted by molar-refractivity contribution is 7.17. The third-order valence-corrected chi connectivity index (χ3v) is 3.04. The molecule has 2 aromatic rings. The Morgan fingerprint density at radius 2 is 1.64 bits per heavy atom. The molecule has 0 bridgehead atoms. The van der Waals surface area contributed by atoms with Gasteiger partial charge < -0.3 is 10.2 Å². The van der Waals surface area contributed by atoms with Crippen LogP contribution in [0.3, 0.4) is 0 Å². The number of alkyl halides is 3. The predicted octanol–water partition coefficient (Wildman–Crippen LogP) is 2.68. The van der Waals surface area contributed by atoms with E-state index in [0.29, 0.717) is 10.6 Å². The molecular weight excluding hydrogens is 332 g/mol. The molecule has 0 saturated carbocycles. The van der Waals surface area contributed by atoms with Gasteiger partial charge in [0.05, 0.1) is 4.88 Å². The summed E-state index contributed by atoms with van der Waals surface area (Å²) in [5.74, 6) is -4.40. The van der Waals surface area contributed by atoms with Gasteiger partial charge in [0, 0.05) is 0 Å². The van der Waals surface area contributed by atoms with Crippen molar-refractivity contribution in [2.24, 2.45) is 0 Å². The van der Waals surface area contributed by atoms with Crippen LogP contribution in [-0.4, -0.2) is 38.5 Å². The largest absolute Gasteiger partial charge is 0.490 e. The fourth-order valence-corrected chi connectivity index (χ4v) is 1.85. The molecule has 0 aliphatic heterocycles. The first-order valence-corrected chi connectivity index (χ1v) is 6.05. The van der Waals surface area contributed by atoms with E-state index in [9.17, 15) is 22.4 Å². The Balaban J connectivity index is 0.000000295. The molecule has 0 saturated heterocycles. The van der Waals surface area contributed by atoms with E-state index >= 15 is 0 Å². The number of carboxylic acids is 2. The lowest BCUT2D eigenvalue weighted by Crippen LogP contribution is -2.21.